The molecule has 5 nitrogen and oxygen atoms in total. The molecule has 1 radical (unpaired) electrons. The largest absolute Gasteiger partial charge is 2.00 e. The second kappa shape index (κ2) is 5.38. The molecule has 7 heteroatoms. The van der Waals surface area contributed by atoms with Crippen LogP contribution in [-0.2, 0) is 26.2 Å². The number of hydrogen-bond donors (Lipinski definition) is 1. The van der Waals surface area contributed by atoms with Crippen molar-refractivity contribution in [1.29, 1.82) is 0 Å². The van der Waals surface area contributed by atoms with E-state index < -0.39 is 21.0 Å². The van der Waals surface area contributed by atoms with Crippen molar-refractivity contribution in [2.45, 2.75) is 0 Å². The molecule has 0 aliphatic heterocycles. The smallest absolute Gasteiger partial charge is 0.790 e. The van der Waals surface area contributed by atoms with Gasteiger partial charge in [0.15, 0.2) is 0 Å². The van der Waals surface area contributed by atoms with Crippen LogP contribution in [0.15, 0.2) is 0 Å². The average molecular weight is 204 g/mol. The summed E-state index contributed by atoms with van der Waals surface area (Å²) in [6.45, 7) is -0.918. The van der Waals surface area contributed by atoms with E-state index in [4.69, 9.17) is 5.11 Å². The zero-order chi connectivity index (χ0) is 6.62. The molecule has 0 unspecified atom stereocenters. The van der Waals surface area contributed by atoms with Crippen molar-refractivity contribution in [3.05, 3.63) is 0 Å². The van der Waals surface area contributed by atoms with Gasteiger partial charge in [-0.1, -0.05) is 0 Å². The summed E-state index contributed by atoms with van der Waals surface area (Å²) in [7, 11) is -4.84. The molecule has 9 heavy (non-hydrogen) atoms. The fraction of sp³-hybridized carbons (Fsp3) is 1.00. The third-order valence-electron chi connectivity index (χ3n) is 0.341. The van der Waals surface area contributed by atoms with E-state index in [0.29, 0.717) is 0 Å². The quantitative estimate of drug-likeness (QED) is 0.416. The van der Waals surface area contributed by atoms with E-state index >= 15 is 0 Å². The van der Waals surface area contributed by atoms with Gasteiger partial charge < -0.3 is 24.0 Å². The molecule has 0 amide bonds. The zero-order valence-electron chi connectivity index (χ0n) is 4.24. The van der Waals surface area contributed by atoms with Crippen LogP contribution in [-0.4, -0.2) is 18.3 Å². The van der Waals surface area contributed by atoms with E-state index in [2.05, 4.69) is 4.52 Å². The fourth-order valence-corrected chi connectivity index (χ4v) is 0.458. The molecular weight excluding hydrogens is 199 g/mol. The van der Waals surface area contributed by atoms with Gasteiger partial charge in [-0.25, -0.2) is 0 Å². The maximum Gasteiger partial charge on any atom is 2.00 e. The first kappa shape index (κ1) is 12.3. The van der Waals surface area contributed by atoms with Gasteiger partial charge in [0.2, 0.25) is 0 Å². The predicted molar refractivity (Wildman–Crippen MR) is 20.6 cm³/mol. The van der Waals surface area contributed by atoms with Gasteiger partial charge in [0.1, 0.15) is 0 Å². The summed E-state index contributed by atoms with van der Waals surface area (Å²) in [6, 6.07) is 0. The Morgan fingerprint density at radius 2 is 2.00 bits per heavy atom. The first-order valence-electron chi connectivity index (χ1n) is 1.84. The van der Waals surface area contributed by atoms with Crippen LogP contribution in [0.2, 0.25) is 0 Å². The number of phosphoric ester groups is 1. The molecule has 0 fully saturated rings. The van der Waals surface area contributed by atoms with Crippen LogP contribution in [0, 0.1) is 0 Å². The van der Waals surface area contributed by atoms with Crippen LogP contribution < -0.4 is 9.79 Å². The second-order valence-electron chi connectivity index (χ2n) is 1.00. The second-order valence-corrected chi connectivity index (χ2v) is 2.16. The molecule has 0 saturated heterocycles. The van der Waals surface area contributed by atoms with E-state index in [1.54, 1.807) is 0 Å². The molecular formula is C2H5CuO5P. The van der Waals surface area contributed by atoms with Crippen LogP contribution in [0.1, 0.15) is 0 Å². The molecule has 0 aliphatic rings. The Hall–Kier alpha value is 0.589. The van der Waals surface area contributed by atoms with Gasteiger partial charge in [0.25, 0.3) is 0 Å². The number of phosphoric acid groups is 1. The number of hydrogen-bond acceptors (Lipinski definition) is 5. The minimum Gasteiger partial charge on any atom is -0.790 e. The Labute approximate surface area is 62.7 Å². The predicted octanol–water partition coefficient (Wildman–Crippen LogP) is -2.18. The number of aliphatic hydroxyl groups is 1. The van der Waals surface area contributed by atoms with Gasteiger partial charge in [0, 0.05) is 0 Å². The summed E-state index contributed by atoms with van der Waals surface area (Å²) in [6.07, 6.45) is 0. The van der Waals surface area contributed by atoms with E-state index in [1.165, 1.54) is 0 Å². The van der Waals surface area contributed by atoms with Crippen molar-refractivity contribution in [3.8, 4) is 0 Å². The molecule has 0 rings (SSSR count). The maximum atomic E-state index is 9.53. The first-order chi connectivity index (χ1) is 3.56. The van der Waals surface area contributed by atoms with Crippen LogP contribution in [0.5, 0.6) is 0 Å². The summed E-state index contributed by atoms with van der Waals surface area (Å²) in [4.78, 5) is 19.1. The van der Waals surface area contributed by atoms with Gasteiger partial charge in [0.05, 0.1) is 21.0 Å². The summed E-state index contributed by atoms with van der Waals surface area (Å²) in [5.41, 5.74) is 0. The molecule has 0 atom stereocenters. The molecule has 0 aromatic carbocycles. The average Bonchev–Trinajstić information content (AvgIpc) is 1.59. The Morgan fingerprint density at radius 1 is 1.56 bits per heavy atom. The summed E-state index contributed by atoms with van der Waals surface area (Å²) in [5, 5.41) is 7.91. The van der Waals surface area contributed by atoms with Gasteiger partial charge in [-0.15, -0.1) is 0 Å². The SMILES string of the molecule is O=P([O-])([O-])OCCO.[Cu+2]. The summed E-state index contributed by atoms with van der Waals surface area (Å²) in [5.74, 6) is 0. The van der Waals surface area contributed by atoms with Gasteiger partial charge in [-0.05, 0) is 0 Å². The Kier molecular flexibility index (Phi) is 7.34. The van der Waals surface area contributed by atoms with Crippen molar-refractivity contribution >= 4 is 7.82 Å². The van der Waals surface area contributed by atoms with Crippen LogP contribution in [0.4, 0.5) is 0 Å². The summed E-state index contributed by atoms with van der Waals surface area (Å²) < 4.78 is 13.1. The Morgan fingerprint density at radius 3 is 2.11 bits per heavy atom. The fourth-order valence-electron chi connectivity index (χ4n) is 0.153. The molecule has 0 heterocycles. The third-order valence-corrected chi connectivity index (χ3v) is 0.839. The van der Waals surface area contributed by atoms with E-state index in [-0.39, 0.29) is 17.1 Å². The molecule has 0 aliphatic carbocycles. The number of rotatable bonds is 3. The maximum absolute atomic E-state index is 9.53. The zero-order valence-corrected chi connectivity index (χ0v) is 6.08. The van der Waals surface area contributed by atoms with E-state index in [9.17, 15) is 14.4 Å². The van der Waals surface area contributed by atoms with Crippen LogP contribution in [0.25, 0.3) is 0 Å². The molecule has 1 N–H and O–H groups in total. The number of aliphatic hydroxyl groups excluding tert-OH is 1. The topological polar surface area (TPSA) is 92.7 Å². The minimum absolute atomic E-state index is 0. The minimum atomic E-state index is -4.84. The van der Waals surface area contributed by atoms with Crippen molar-refractivity contribution < 1.29 is 41.1 Å². The van der Waals surface area contributed by atoms with Gasteiger partial charge >= 0.3 is 17.1 Å². The first-order valence-corrected chi connectivity index (χ1v) is 3.30. The Balaban J connectivity index is 0. The molecule has 0 aromatic rings. The molecule has 0 bridgehead atoms. The molecule has 0 spiro atoms. The van der Waals surface area contributed by atoms with E-state index in [1.807, 2.05) is 0 Å². The standard InChI is InChI=1S/C2H7O5P.Cu/c3-1-2-7-8(4,5)6;/h3H,1-2H2,(H2,4,5,6);/q;+2/p-2. The molecule has 0 saturated carbocycles. The van der Waals surface area contributed by atoms with Gasteiger partial charge in [-0.2, -0.15) is 0 Å². The third kappa shape index (κ3) is 11.9. The molecule has 59 valence electrons. The monoisotopic (exact) mass is 203 g/mol. The van der Waals surface area contributed by atoms with Crippen LogP contribution in [0.3, 0.4) is 0 Å². The van der Waals surface area contributed by atoms with Gasteiger partial charge in [-0.3, -0.25) is 0 Å². The van der Waals surface area contributed by atoms with Crippen molar-refractivity contribution in [1.82, 2.24) is 0 Å². The normalized spacial score (nSPS) is 10.6. The summed E-state index contributed by atoms with van der Waals surface area (Å²) >= 11 is 0. The van der Waals surface area contributed by atoms with E-state index in [0.717, 1.165) is 0 Å². The van der Waals surface area contributed by atoms with Crippen molar-refractivity contribution in [2.24, 2.45) is 0 Å². The van der Waals surface area contributed by atoms with Crippen molar-refractivity contribution in [3.63, 3.8) is 0 Å². The Bertz CT molecular complexity index is 99.1. The van der Waals surface area contributed by atoms with Crippen molar-refractivity contribution in [2.75, 3.05) is 13.2 Å². The molecule has 0 aromatic heterocycles. The van der Waals surface area contributed by atoms with Crippen LogP contribution >= 0.6 is 7.82 Å².